The van der Waals surface area contributed by atoms with Crippen LogP contribution in [0.4, 0.5) is 8.78 Å². The molecule has 6 nitrogen and oxygen atoms in total. The van der Waals surface area contributed by atoms with Gasteiger partial charge in [-0.25, -0.2) is 0 Å². The molecule has 2 aliphatic heterocycles. The van der Waals surface area contributed by atoms with Gasteiger partial charge in [0.05, 0.1) is 24.2 Å². The zero-order valence-electron chi connectivity index (χ0n) is 15.8. The number of para-hydroxylation sites is 1. The molecule has 2 atom stereocenters. The van der Waals surface area contributed by atoms with Gasteiger partial charge >= 0.3 is 11.9 Å². The number of carboxylic acids is 1. The van der Waals surface area contributed by atoms with Gasteiger partial charge in [-0.3, -0.25) is 9.59 Å². The van der Waals surface area contributed by atoms with Crippen LogP contribution >= 0.6 is 0 Å². The Kier molecular flexibility index (Phi) is 6.17. The van der Waals surface area contributed by atoms with Gasteiger partial charge in [0.25, 0.3) is 5.91 Å². The van der Waals surface area contributed by atoms with Crippen LogP contribution in [0.2, 0.25) is 0 Å². The highest BCUT2D eigenvalue weighted by molar-refractivity contribution is 5.85. The lowest BCUT2D eigenvalue weighted by atomic mass is 9.84. The standard InChI is InChI=1S/C20H25F2NO5/c1-2-27-16-6-4-3-5-15(16)20(21,22)19(26)23-10-7-13(8-11-23)17-14(18(24)25)9-12-28-17/h3-6,13-14,17H,2,7-12H2,1H3,(H,24,25)/t14?,17-/m0/s1. The summed E-state index contributed by atoms with van der Waals surface area (Å²) in [5.41, 5.74) is -0.436. The molecule has 1 aromatic carbocycles. The lowest BCUT2D eigenvalue weighted by Gasteiger charge is -2.37. The second kappa shape index (κ2) is 8.43. The summed E-state index contributed by atoms with van der Waals surface area (Å²) in [6, 6.07) is 5.67. The highest BCUT2D eigenvalue weighted by Gasteiger charge is 2.48. The van der Waals surface area contributed by atoms with Gasteiger partial charge in [-0.15, -0.1) is 0 Å². The molecule has 28 heavy (non-hydrogen) atoms. The van der Waals surface area contributed by atoms with Crippen LogP contribution in [0, 0.1) is 11.8 Å². The van der Waals surface area contributed by atoms with Crippen LogP contribution in [0.5, 0.6) is 5.75 Å². The van der Waals surface area contributed by atoms with Crippen molar-refractivity contribution in [2.75, 3.05) is 26.3 Å². The number of carbonyl (C=O) groups is 2. The maximum Gasteiger partial charge on any atom is 0.353 e. The number of likely N-dealkylation sites (tertiary alicyclic amines) is 1. The quantitative estimate of drug-likeness (QED) is 0.799. The number of carboxylic acid groups (broad SMARTS) is 1. The van der Waals surface area contributed by atoms with Crippen molar-refractivity contribution in [1.82, 2.24) is 4.90 Å². The molecule has 3 rings (SSSR count). The van der Waals surface area contributed by atoms with Crippen LogP contribution in [0.15, 0.2) is 24.3 Å². The van der Waals surface area contributed by atoms with Gasteiger partial charge in [0.1, 0.15) is 5.75 Å². The predicted octanol–water partition coefficient (Wildman–Crippen LogP) is 2.91. The maximum absolute atomic E-state index is 14.9. The smallest absolute Gasteiger partial charge is 0.353 e. The van der Waals surface area contributed by atoms with E-state index in [1.54, 1.807) is 13.0 Å². The molecule has 1 N–H and O–H groups in total. The summed E-state index contributed by atoms with van der Waals surface area (Å²) in [5, 5.41) is 9.30. The third-order valence-corrected chi connectivity index (χ3v) is 5.54. The molecular formula is C20H25F2NO5. The molecule has 0 aliphatic carbocycles. The molecule has 0 saturated carbocycles. The number of hydrogen-bond donors (Lipinski definition) is 1. The van der Waals surface area contributed by atoms with E-state index >= 15 is 0 Å². The topological polar surface area (TPSA) is 76.1 Å². The molecule has 2 aliphatic rings. The number of hydrogen-bond acceptors (Lipinski definition) is 4. The van der Waals surface area contributed by atoms with E-state index in [-0.39, 0.29) is 31.4 Å². The summed E-state index contributed by atoms with van der Waals surface area (Å²) in [7, 11) is 0. The van der Waals surface area contributed by atoms with E-state index in [0.717, 1.165) is 4.90 Å². The second-order valence-electron chi connectivity index (χ2n) is 7.20. The minimum atomic E-state index is -3.69. The first-order valence-corrected chi connectivity index (χ1v) is 9.60. The number of halogens is 2. The molecule has 154 valence electrons. The number of rotatable bonds is 6. The van der Waals surface area contributed by atoms with Crippen LogP contribution in [0.25, 0.3) is 0 Å². The minimum Gasteiger partial charge on any atom is -0.493 e. The Morgan fingerprint density at radius 1 is 1.25 bits per heavy atom. The summed E-state index contributed by atoms with van der Waals surface area (Å²) in [4.78, 5) is 25.1. The SMILES string of the molecule is CCOc1ccccc1C(F)(F)C(=O)N1CCC([C@@H]2OCCC2C(=O)O)CC1. The van der Waals surface area contributed by atoms with Gasteiger partial charge in [0, 0.05) is 19.7 Å². The minimum absolute atomic E-state index is 0.00175. The Balaban J connectivity index is 1.67. The number of aliphatic carboxylic acids is 1. The van der Waals surface area contributed by atoms with E-state index in [9.17, 15) is 23.5 Å². The molecule has 2 heterocycles. The number of piperidine rings is 1. The van der Waals surface area contributed by atoms with Crippen molar-refractivity contribution >= 4 is 11.9 Å². The van der Waals surface area contributed by atoms with Crippen molar-refractivity contribution in [3.05, 3.63) is 29.8 Å². The van der Waals surface area contributed by atoms with Crippen molar-refractivity contribution < 1.29 is 33.0 Å². The molecule has 8 heteroatoms. The number of carbonyl (C=O) groups excluding carboxylic acids is 1. The summed E-state index contributed by atoms with van der Waals surface area (Å²) < 4.78 is 40.7. The fourth-order valence-electron chi connectivity index (χ4n) is 4.09. The highest BCUT2D eigenvalue weighted by Crippen LogP contribution is 2.39. The number of nitrogens with zero attached hydrogens (tertiary/aromatic N) is 1. The molecule has 0 spiro atoms. The van der Waals surface area contributed by atoms with Crippen molar-refractivity contribution in [1.29, 1.82) is 0 Å². The van der Waals surface area contributed by atoms with Crippen molar-refractivity contribution in [3.63, 3.8) is 0 Å². The molecule has 0 radical (unpaired) electrons. The van der Waals surface area contributed by atoms with Gasteiger partial charge < -0.3 is 19.5 Å². The normalized spacial score (nSPS) is 23.6. The van der Waals surface area contributed by atoms with E-state index in [4.69, 9.17) is 9.47 Å². The Morgan fingerprint density at radius 3 is 2.57 bits per heavy atom. The van der Waals surface area contributed by atoms with Crippen molar-refractivity contribution in [2.24, 2.45) is 11.8 Å². The molecule has 0 bridgehead atoms. The monoisotopic (exact) mass is 397 g/mol. The number of ether oxygens (including phenoxy) is 2. The molecule has 1 amide bonds. The first-order valence-electron chi connectivity index (χ1n) is 9.60. The molecule has 0 aromatic heterocycles. The Hall–Kier alpha value is -2.22. The van der Waals surface area contributed by atoms with E-state index in [1.165, 1.54) is 18.2 Å². The molecule has 2 saturated heterocycles. The predicted molar refractivity (Wildman–Crippen MR) is 96.3 cm³/mol. The average Bonchev–Trinajstić information content (AvgIpc) is 3.18. The summed E-state index contributed by atoms with van der Waals surface area (Å²) >= 11 is 0. The summed E-state index contributed by atoms with van der Waals surface area (Å²) in [6.45, 7) is 2.62. The lowest BCUT2D eigenvalue weighted by molar-refractivity contribution is -0.162. The van der Waals surface area contributed by atoms with E-state index in [1.807, 2.05) is 0 Å². The van der Waals surface area contributed by atoms with Gasteiger partial charge in [-0.05, 0) is 44.2 Å². The first-order chi connectivity index (χ1) is 13.4. The van der Waals surface area contributed by atoms with Crippen molar-refractivity contribution in [2.45, 2.75) is 38.2 Å². The molecule has 2 fully saturated rings. The van der Waals surface area contributed by atoms with Crippen molar-refractivity contribution in [3.8, 4) is 5.75 Å². The largest absolute Gasteiger partial charge is 0.493 e. The zero-order valence-corrected chi connectivity index (χ0v) is 15.8. The van der Waals surface area contributed by atoms with Gasteiger partial charge in [-0.2, -0.15) is 8.78 Å². The zero-order chi connectivity index (χ0) is 20.3. The number of alkyl halides is 2. The first kappa shape index (κ1) is 20.5. The lowest BCUT2D eigenvalue weighted by Crippen LogP contribution is -2.48. The fraction of sp³-hybridized carbons (Fsp3) is 0.600. The molecular weight excluding hydrogens is 372 g/mol. The van der Waals surface area contributed by atoms with E-state index in [0.29, 0.717) is 25.9 Å². The Bertz CT molecular complexity index is 718. The van der Waals surface area contributed by atoms with Gasteiger partial charge in [-0.1, -0.05) is 12.1 Å². The number of amides is 1. The summed E-state index contributed by atoms with van der Waals surface area (Å²) in [5.74, 6) is -6.43. The Labute approximate surface area is 162 Å². The molecule has 1 unspecified atom stereocenters. The third kappa shape index (κ3) is 3.97. The second-order valence-corrected chi connectivity index (χ2v) is 7.20. The Morgan fingerprint density at radius 2 is 1.93 bits per heavy atom. The van der Waals surface area contributed by atoms with Crippen LogP contribution in [0.3, 0.4) is 0 Å². The van der Waals surface area contributed by atoms with E-state index in [2.05, 4.69) is 0 Å². The van der Waals surface area contributed by atoms with Crippen LogP contribution in [-0.2, 0) is 20.2 Å². The van der Waals surface area contributed by atoms with Gasteiger partial charge in [0.15, 0.2) is 0 Å². The number of benzene rings is 1. The van der Waals surface area contributed by atoms with Crippen LogP contribution in [-0.4, -0.2) is 54.3 Å². The fourth-order valence-corrected chi connectivity index (χ4v) is 4.09. The van der Waals surface area contributed by atoms with Gasteiger partial charge in [0.2, 0.25) is 0 Å². The molecule has 1 aromatic rings. The van der Waals surface area contributed by atoms with Crippen LogP contribution < -0.4 is 4.74 Å². The highest BCUT2D eigenvalue weighted by atomic mass is 19.3. The van der Waals surface area contributed by atoms with Crippen LogP contribution in [0.1, 0.15) is 31.7 Å². The third-order valence-electron chi connectivity index (χ3n) is 5.54. The summed E-state index contributed by atoms with van der Waals surface area (Å²) in [6.07, 6.45) is 0.951. The average molecular weight is 397 g/mol. The van der Waals surface area contributed by atoms with E-state index < -0.39 is 35.4 Å². The maximum atomic E-state index is 14.9.